The Morgan fingerprint density at radius 2 is 2.17 bits per heavy atom. The summed E-state index contributed by atoms with van der Waals surface area (Å²) in [6, 6.07) is 0.768. The fraction of sp³-hybridized carbons (Fsp3) is 1.00. The number of rotatable bonds is 5. The van der Waals surface area contributed by atoms with Gasteiger partial charge >= 0.3 is 0 Å². The van der Waals surface area contributed by atoms with Crippen LogP contribution in [-0.4, -0.2) is 25.7 Å². The molecule has 1 saturated heterocycles. The van der Waals surface area contributed by atoms with E-state index in [0.717, 1.165) is 12.0 Å². The summed E-state index contributed by atoms with van der Waals surface area (Å²) < 4.78 is 0. The molecule has 0 aromatic carbocycles. The Bertz CT molecular complexity index is 126. The Kier molecular flexibility index (Phi) is 3.01. The molecule has 1 saturated carbocycles. The van der Waals surface area contributed by atoms with E-state index in [2.05, 4.69) is 10.6 Å². The van der Waals surface area contributed by atoms with Crippen LogP contribution in [0.25, 0.3) is 0 Å². The summed E-state index contributed by atoms with van der Waals surface area (Å²) in [5, 5.41) is 6.97. The average Bonchev–Trinajstić information content (AvgIpc) is 2.76. The second kappa shape index (κ2) is 4.24. The lowest BCUT2D eigenvalue weighted by atomic mass is 10.2. The van der Waals surface area contributed by atoms with Crippen LogP contribution in [0.5, 0.6) is 0 Å². The van der Waals surface area contributed by atoms with Crippen molar-refractivity contribution in [3.8, 4) is 0 Å². The van der Waals surface area contributed by atoms with E-state index in [0.29, 0.717) is 0 Å². The predicted molar refractivity (Wildman–Crippen MR) is 51.2 cm³/mol. The molecular formula is C10H20N2. The molecule has 2 nitrogen and oxygen atoms in total. The van der Waals surface area contributed by atoms with Crippen LogP contribution in [0.2, 0.25) is 0 Å². The fourth-order valence-electron chi connectivity index (χ4n) is 1.93. The average molecular weight is 168 g/mol. The van der Waals surface area contributed by atoms with Crippen LogP contribution in [-0.2, 0) is 0 Å². The van der Waals surface area contributed by atoms with Crippen molar-refractivity contribution in [2.45, 2.75) is 38.1 Å². The van der Waals surface area contributed by atoms with E-state index in [1.54, 1.807) is 0 Å². The zero-order valence-corrected chi connectivity index (χ0v) is 7.81. The molecule has 1 unspecified atom stereocenters. The molecule has 2 aliphatic rings. The molecule has 0 radical (unpaired) electrons. The van der Waals surface area contributed by atoms with Crippen molar-refractivity contribution < 1.29 is 0 Å². The minimum Gasteiger partial charge on any atom is -0.315 e. The monoisotopic (exact) mass is 168 g/mol. The molecule has 0 aromatic rings. The maximum atomic E-state index is 3.60. The molecule has 1 aliphatic carbocycles. The molecule has 2 N–H and O–H groups in total. The fourth-order valence-corrected chi connectivity index (χ4v) is 1.93. The number of hydrogen-bond acceptors (Lipinski definition) is 2. The SMILES string of the molecule is C(CNC1CCNC1)CC1CC1. The van der Waals surface area contributed by atoms with Gasteiger partial charge in [-0.15, -0.1) is 0 Å². The first-order valence-corrected chi connectivity index (χ1v) is 5.39. The van der Waals surface area contributed by atoms with Crippen molar-refractivity contribution in [1.82, 2.24) is 10.6 Å². The summed E-state index contributed by atoms with van der Waals surface area (Å²) in [5.74, 6) is 1.11. The summed E-state index contributed by atoms with van der Waals surface area (Å²) >= 11 is 0. The minimum atomic E-state index is 0.768. The van der Waals surface area contributed by atoms with E-state index in [4.69, 9.17) is 0 Å². The Morgan fingerprint density at radius 3 is 2.83 bits per heavy atom. The van der Waals surface area contributed by atoms with Crippen LogP contribution >= 0.6 is 0 Å². The normalized spacial score (nSPS) is 29.5. The van der Waals surface area contributed by atoms with Gasteiger partial charge in [0.25, 0.3) is 0 Å². The molecule has 0 aromatic heterocycles. The second-order valence-electron chi connectivity index (χ2n) is 4.23. The van der Waals surface area contributed by atoms with Crippen LogP contribution < -0.4 is 10.6 Å². The summed E-state index contributed by atoms with van der Waals surface area (Å²) in [4.78, 5) is 0. The van der Waals surface area contributed by atoms with Gasteiger partial charge in [-0.3, -0.25) is 0 Å². The lowest BCUT2D eigenvalue weighted by molar-refractivity contribution is 0.516. The molecule has 1 heterocycles. The van der Waals surface area contributed by atoms with E-state index in [1.807, 2.05) is 0 Å². The van der Waals surface area contributed by atoms with Gasteiger partial charge in [0.15, 0.2) is 0 Å². The Balaban J connectivity index is 1.44. The molecule has 2 rings (SSSR count). The molecule has 2 fully saturated rings. The molecule has 1 atom stereocenters. The zero-order valence-electron chi connectivity index (χ0n) is 7.81. The third-order valence-corrected chi connectivity index (χ3v) is 2.98. The van der Waals surface area contributed by atoms with E-state index < -0.39 is 0 Å². The van der Waals surface area contributed by atoms with Crippen molar-refractivity contribution in [3.63, 3.8) is 0 Å². The van der Waals surface area contributed by atoms with Crippen molar-refractivity contribution >= 4 is 0 Å². The van der Waals surface area contributed by atoms with Crippen molar-refractivity contribution in [2.24, 2.45) is 5.92 Å². The Hall–Kier alpha value is -0.0800. The third-order valence-electron chi connectivity index (χ3n) is 2.98. The smallest absolute Gasteiger partial charge is 0.0204 e. The molecule has 2 heteroatoms. The number of hydrogen-bond donors (Lipinski definition) is 2. The number of nitrogens with one attached hydrogen (secondary N) is 2. The lowest BCUT2D eigenvalue weighted by Crippen LogP contribution is -2.31. The van der Waals surface area contributed by atoms with Crippen LogP contribution in [0.15, 0.2) is 0 Å². The van der Waals surface area contributed by atoms with Crippen LogP contribution in [0, 0.1) is 5.92 Å². The molecule has 70 valence electrons. The first-order valence-electron chi connectivity index (χ1n) is 5.39. The topological polar surface area (TPSA) is 24.1 Å². The van der Waals surface area contributed by atoms with Gasteiger partial charge in [0, 0.05) is 12.6 Å². The molecular weight excluding hydrogens is 148 g/mol. The Labute approximate surface area is 75.1 Å². The van der Waals surface area contributed by atoms with E-state index in [9.17, 15) is 0 Å². The predicted octanol–water partition coefficient (Wildman–Crippen LogP) is 1.13. The van der Waals surface area contributed by atoms with Gasteiger partial charge in [0.1, 0.15) is 0 Å². The highest BCUT2D eigenvalue weighted by Crippen LogP contribution is 2.33. The second-order valence-corrected chi connectivity index (χ2v) is 4.23. The molecule has 0 amide bonds. The standard InChI is InChI=1S/C10H20N2/c1(2-9-3-4-9)6-12-10-5-7-11-8-10/h9-12H,1-8H2. The van der Waals surface area contributed by atoms with Gasteiger partial charge in [0.2, 0.25) is 0 Å². The summed E-state index contributed by atoms with van der Waals surface area (Å²) in [6.45, 7) is 3.63. The highest BCUT2D eigenvalue weighted by Gasteiger charge is 2.20. The highest BCUT2D eigenvalue weighted by molar-refractivity contribution is 4.78. The van der Waals surface area contributed by atoms with Gasteiger partial charge < -0.3 is 10.6 Å². The zero-order chi connectivity index (χ0) is 8.23. The summed E-state index contributed by atoms with van der Waals surface area (Å²) in [5.41, 5.74) is 0. The molecule has 0 spiro atoms. The maximum Gasteiger partial charge on any atom is 0.0204 e. The first kappa shape index (κ1) is 8.52. The summed E-state index contributed by atoms with van der Waals surface area (Å²) in [7, 11) is 0. The van der Waals surface area contributed by atoms with E-state index in [-0.39, 0.29) is 0 Å². The van der Waals surface area contributed by atoms with Crippen molar-refractivity contribution in [1.29, 1.82) is 0 Å². The maximum absolute atomic E-state index is 3.60. The van der Waals surface area contributed by atoms with Crippen LogP contribution in [0.4, 0.5) is 0 Å². The minimum absolute atomic E-state index is 0.768. The van der Waals surface area contributed by atoms with Crippen molar-refractivity contribution in [3.05, 3.63) is 0 Å². The van der Waals surface area contributed by atoms with Gasteiger partial charge in [-0.2, -0.15) is 0 Å². The van der Waals surface area contributed by atoms with Gasteiger partial charge in [0.05, 0.1) is 0 Å². The van der Waals surface area contributed by atoms with Gasteiger partial charge in [-0.1, -0.05) is 12.8 Å². The van der Waals surface area contributed by atoms with E-state index in [1.165, 1.54) is 51.7 Å². The van der Waals surface area contributed by atoms with Gasteiger partial charge in [-0.05, 0) is 38.3 Å². The van der Waals surface area contributed by atoms with E-state index >= 15 is 0 Å². The summed E-state index contributed by atoms with van der Waals surface area (Å²) in [6.07, 6.45) is 7.19. The van der Waals surface area contributed by atoms with Gasteiger partial charge in [-0.25, -0.2) is 0 Å². The lowest BCUT2D eigenvalue weighted by Gasteiger charge is -2.10. The van der Waals surface area contributed by atoms with Crippen LogP contribution in [0.1, 0.15) is 32.1 Å². The molecule has 0 bridgehead atoms. The Morgan fingerprint density at radius 1 is 1.25 bits per heavy atom. The first-order chi connectivity index (χ1) is 5.95. The third kappa shape index (κ3) is 2.76. The highest BCUT2D eigenvalue weighted by atomic mass is 15.0. The molecule has 12 heavy (non-hydrogen) atoms. The molecule has 1 aliphatic heterocycles. The van der Waals surface area contributed by atoms with Crippen LogP contribution in [0.3, 0.4) is 0 Å². The largest absolute Gasteiger partial charge is 0.315 e. The van der Waals surface area contributed by atoms with Crippen molar-refractivity contribution in [2.75, 3.05) is 19.6 Å². The quantitative estimate of drug-likeness (QED) is 0.601.